The fourth-order valence-corrected chi connectivity index (χ4v) is 3.05. The van der Waals surface area contributed by atoms with Crippen molar-refractivity contribution in [2.75, 3.05) is 39.9 Å². The summed E-state index contributed by atoms with van der Waals surface area (Å²) in [7, 11) is 1.67. The van der Waals surface area contributed by atoms with Crippen LogP contribution in [-0.2, 0) is 16.0 Å². The summed E-state index contributed by atoms with van der Waals surface area (Å²) >= 11 is 0. The van der Waals surface area contributed by atoms with Crippen LogP contribution in [0.4, 0.5) is 0 Å². The van der Waals surface area contributed by atoms with Crippen LogP contribution in [0.1, 0.15) is 5.56 Å². The van der Waals surface area contributed by atoms with Gasteiger partial charge in [-0.15, -0.1) is 0 Å². The van der Waals surface area contributed by atoms with E-state index in [1.165, 1.54) is 10.9 Å². The normalized spacial score (nSPS) is 20.0. The minimum absolute atomic E-state index is 0.0533. The zero-order valence-electron chi connectivity index (χ0n) is 12.9. The lowest BCUT2D eigenvalue weighted by atomic mass is 9.97. The molecule has 0 spiro atoms. The van der Waals surface area contributed by atoms with Gasteiger partial charge in [-0.25, -0.2) is 0 Å². The maximum atomic E-state index is 11.6. The van der Waals surface area contributed by atoms with Crippen LogP contribution in [0.15, 0.2) is 34.9 Å². The molecule has 1 atom stereocenters. The fourth-order valence-electron chi connectivity index (χ4n) is 3.05. The molecule has 5 nitrogen and oxygen atoms in total. The number of rotatable bonds is 4. The molecule has 0 aliphatic carbocycles. The Morgan fingerprint density at radius 2 is 2.32 bits per heavy atom. The van der Waals surface area contributed by atoms with Crippen molar-refractivity contribution in [2.45, 2.75) is 6.42 Å². The van der Waals surface area contributed by atoms with E-state index in [9.17, 15) is 4.79 Å². The molecule has 3 rings (SSSR count). The van der Waals surface area contributed by atoms with E-state index >= 15 is 0 Å². The van der Waals surface area contributed by atoms with Gasteiger partial charge in [-0.1, -0.05) is 12.1 Å². The predicted molar refractivity (Wildman–Crippen MR) is 84.7 cm³/mol. The molecule has 0 radical (unpaired) electrons. The Morgan fingerprint density at radius 1 is 1.41 bits per heavy atom. The summed E-state index contributed by atoms with van der Waals surface area (Å²) in [5.74, 6) is 0.435. The molecule has 1 aliphatic rings. The molecule has 0 saturated carbocycles. The number of amides is 1. The van der Waals surface area contributed by atoms with Crippen LogP contribution >= 0.6 is 0 Å². The first-order valence-electron chi connectivity index (χ1n) is 7.72. The van der Waals surface area contributed by atoms with Crippen molar-refractivity contribution in [1.29, 1.82) is 0 Å². The number of ether oxygens (including phenoxy) is 1. The second kappa shape index (κ2) is 6.94. The quantitative estimate of drug-likeness (QED) is 0.933. The predicted octanol–water partition coefficient (Wildman–Crippen LogP) is 1.67. The number of nitrogens with zero attached hydrogens (tertiary/aromatic N) is 1. The van der Waals surface area contributed by atoms with Crippen LogP contribution in [0.3, 0.4) is 0 Å². The van der Waals surface area contributed by atoms with Crippen molar-refractivity contribution in [3.8, 4) is 0 Å². The SMILES string of the molecule is CNC(=O)CN1CCOCC(Cc2cccc3occc23)C1. The van der Waals surface area contributed by atoms with Crippen LogP contribution < -0.4 is 5.32 Å². The first kappa shape index (κ1) is 15.1. The minimum atomic E-state index is 0.0533. The number of fused-ring (bicyclic) bond motifs is 1. The molecule has 1 aromatic carbocycles. The summed E-state index contributed by atoms with van der Waals surface area (Å²) in [5.41, 5.74) is 2.20. The summed E-state index contributed by atoms with van der Waals surface area (Å²) in [5, 5.41) is 3.86. The Bertz CT molecular complexity index is 638. The molecule has 0 bridgehead atoms. The number of carbonyl (C=O) groups is 1. The summed E-state index contributed by atoms with van der Waals surface area (Å²) in [6, 6.07) is 8.18. The average molecular weight is 302 g/mol. The average Bonchev–Trinajstić information content (AvgIpc) is 2.90. The molecule has 1 N–H and O–H groups in total. The molecule has 2 aromatic rings. The highest BCUT2D eigenvalue weighted by atomic mass is 16.5. The second-order valence-corrected chi connectivity index (χ2v) is 5.80. The minimum Gasteiger partial charge on any atom is -0.464 e. The topological polar surface area (TPSA) is 54.7 Å². The Kier molecular flexibility index (Phi) is 4.75. The Morgan fingerprint density at radius 3 is 3.18 bits per heavy atom. The highest BCUT2D eigenvalue weighted by Gasteiger charge is 2.21. The monoisotopic (exact) mass is 302 g/mol. The van der Waals surface area contributed by atoms with Gasteiger partial charge in [0.2, 0.25) is 5.91 Å². The van der Waals surface area contributed by atoms with Gasteiger partial charge in [-0.2, -0.15) is 0 Å². The van der Waals surface area contributed by atoms with Crippen molar-refractivity contribution in [1.82, 2.24) is 10.2 Å². The van der Waals surface area contributed by atoms with Gasteiger partial charge >= 0.3 is 0 Å². The molecule has 1 fully saturated rings. The lowest BCUT2D eigenvalue weighted by molar-refractivity contribution is -0.121. The number of furan rings is 1. The standard InChI is InChI=1S/C17H22N2O3/c1-18-17(20)11-19-6-8-21-12-13(10-19)9-14-3-2-4-16-15(14)5-7-22-16/h2-5,7,13H,6,8-12H2,1H3,(H,18,20). The van der Waals surface area contributed by atoms with Gasteiger partial charge in [-0.3, -0.25) is 9.69 Å². The van der Waals surface area contributed by atoms with Crippen LogP contribution in [0.5, 0.6) is 0 Å². The molecule has 5 heteroatoms. The van der Waals surface area contributed by atoms with Crippen LogP contribution in [0.2, 0.25) is 0 Å². The lowest BCUT2D eigenvalue weighted by Gasteiger charge is -2.22. The van der Waals surface area contributed by atoms with E-state index in [1.54, 1.807) is 13.3 Å². The van der Waals surface area contributed by atoms with Gasteiger partial charge in [0, 0.05) is 25.5 Å². The highest BCUT2D eigenvalue weighted by molar-refractivity contribution is 5.80. The number of nitrogens with one attached hydrogen (secondary N) is 1. The summed E-state index contributed by atoms with van der Waals surface area (Å²) in [6.07, 6.45) is 2.66. The summed E-state index contributed by atoms with van der Waals surface area (Å²) in [6.45, 7) is 3.54. The summed E-state index contributed by atoms with van der Waals surface area (Å²) in [4.78, 5) is 13.8. The van der Waals surface area contributed by atoms with Crippen molar-refractivity contribution in [3.05, 3.63) is 36.1 Å². The number of likely N-dealkylation sites (N-methyl/N-ethyl adjacent to an activating group) is 1. The van der Waals surface area contributed by atoms with E-state index < -0.39 is 0 Å². The zero-order valence-corrected chi connectivity index (χ0v) is 12.9. The van der Waals surface area contributed by atoms with Crippen molar-refractivity contribution in [2.24, 2.45) is 5.92 Å². The Balaban J connectivity index is 1.70. The maximum Gasteiger partial charge on any atom is 0.233 e. The Labute approximate surface area is 130 Å². The smallest absolute Gasteiger partial charge is 0.233 e. The second-order valence-electron chi connectivity index (χ2n) is 5.80. The van der Waals surface area contributed by atoms with Crippen LogP contribution in [0, 0.1) is 5.92 Å². The van der Waals surface area contributed by atoms with Crippen molar-refractivity contribution in [3.63, 3.8) is 0 Å². The molecule has 22 heavy (non-hydrogen) atoms. The third kappa shape index (κ3) is 3.48. The van der Waals surface area contributed by atoms with Gasteiger partial charge < -0.3 is 14.5 Å². The first-order valence-corrected chi connectivity index (χ1v) is 7.72. The third-order valence-corrected chi connectivity index (χ3v) is 4.16. The van der Waals surface area contributed by atoms with Crippen molar-refractivity contribution >= 4 is 16.9 Å². The van der Waals surface area contributed by atoms with E-state index in [-0.39, 0.29) is 5.91 Å². The van der Waals surface area contributed by atoms with Gasteiger partial charge in [0.05, 0.1) is 26.0 Å². The molecule has 118 valence electrons. The van der Waals surface area contributed by atoms with Gasteiger partial charge in [-0.05, 0) is 30.0 Å². The number of benzene rings is 1. The largest absolute Gasteiger partial charge is 0.464 e. The van der Waals surface area contributed by atoms with Crippen LogP contribution in [-0.4, -0.2) is 50.7 Å². The van der Waals surface area contributed by atoms with Gasteiger partial charge in [0.1, 0.15) is 5.58 Å². The van der Waals surface area contributed by atoms with Gasteiger partial charge in [0.25, 0.3) is 0 Å². The molecule has 1 unspecified atom stereocenters. The van der Waals surface area contributed by atoms with Crippen LogP contribution in [0.25, 0.3) is 11.0 Å². The molecular weight excluding hydrogens is 280 g/mol. The van der Waals surface area contributed by atoms with E-state index in [1.807, 2.05) is 18.2 Å². The van der Waals surface area contributed by atoms with E-state index in [0.29, 0.717) is 19.1 Å². The Hall–Kier alpha value is -1.85. The number of hydrogen-bond acceptors (Lipinski definition) is 4. The van der Waals surface area contributed by atoms with E-state index in [4.69, 9.17) is 9.15 Å². The summed E-state index contributed by atoms with van der Waals surface area (Å²) < 4.78 is 11.2. The number of carbonyl (C=O) groups excluding carboxylic acids is 1. The van der Waals surface area contributed by atoms with Crippen molar-refractivity contribution < 1.29 is 13.9 Å². The molecule has 2 heterocycles. The zero-order chi connectivity index (χ0) is 15.4. The van der Waals surface area contributed by atoms with E-state index in [2.05, 4.69) is 16.3 Å². The fraction of sp³-hybridized carbons (Fsp3) is 0.471. The third-order valence-electron chi connectivity index (χ3n) is 4.16. The molecule has 1 saturated heterocycles. The first-order chi connectivity index (χ1) is 10.8. The lowest BCUT2D eigenvalue weighted by Crippen LogP contribution is -2.39. The number of hydrogen-bond donors (Lipinski definition) is 1. The van der Waals surface area contributed by atoms with Gasteiger partial charge in [0.15, 0.2) is 0 Å². The maximum absolute atomic E-state index is 11.6. The molecule has 1 aromatic heterocycles. The molecular formula is C17H22N2O3. The molecule has 1 amide bonds. The highest BCUT2D eigenvalue weighted by Crippen LogP contribution is 2.23. The molecule has 1 aliphatic heterocycles. The van der Waals surface area contributed by atoms with E-state index in [0.717, 1.165) is 31.7 Å².